The van der Waals surface area contributed by atoms with Crippen LogP contribution in [0.25, 0.3) is 0 Å². The van der Waals surface area contributed by atoms with Crippen LogP contribution in [0, 0.1) is 0 Å². The lowest BCUT2D eigenvalue weighted by Crippen LogP contribution is -2.47. The third kappa shape index (κ3) is 4.57. The van der Waals surface area contributed by atoms with Crippen LogP contribution in [-0.4, -0.2) is 54.3 Å². The summed E-state index contributed by atoms with van der Waals surface area (Å²) in [6, 6.07) is 3.41. The van der Waals surface area contributed by atoms with E-state index in [1.54, 1.807) is 0 Å². The van der Waals surface area contributed by atoms with E-state index in [1.807, 2.05) is 0 Å². The number of hydrogen-bond donors (Lipinski definition) is 0. The highest BCUT2D eigenvalue weighted by Gasteiger charge is 2.32. The smallest absolute Gasteiger partial charge is 0.375 e. The molecule has 1 aliphatic carbocycles. The molecular formula is C20H28F3N3O. The van der Waals surface area contributed by atoms with Gasteiger partial charge in [-0.15, -0.1) is 0 Å². The van der Waals surface area contributed by atoms with Crippen molar-refractivity contribution >= 4 is 5.82 Å². The Morgan fingerprint density at radius 1 is 0.889 bits per heavy atom. The van der Waals surface area contributed by atoms with E-state index in [2.05, 4.69) is 14.8 Å². The maximum Gasteiger partial charge on any atom is 0.417 e. The molecule has 0 spiro atoms. The van der Waals surface area contributed by atoms with Crippen LogP contribution in [0.3, 0.4) is 0 Å². The summed E-state index contributed by atoms with van der Waals surface area (Å²) in [4.78, 5) is 8.69. The van der Waals surface area contributed by atoms with Crippen LogP contribution < -0.4 is 4.90 Å². The molecule has 3 aliphatic rings. The number of hydrogen-bond acceptors (Lipinski definition) is 4. The Bertz CT molecular complexity index is 602. The van der Waals surface area contributed by atoms with E-state index in [-0.39, 0.29) is 6.10 Å². The zero-order valence-corrected chi connectivity index (χ0v) is 15.6. The molecule has 0 N–H and O–H groups in total. The molecule has 3 heterocycles. The SMILES string of the molecule is FC(F)(F)c1ccc(N2CCC(OC3CCN(C4CCC4)CC3)CC2)nc1. The second-order valence-corrected chi connectivity index (χ2v) is 8.05. The first-order valence-corrected chi connectivity index (χ1v) is 10.2. The second-order valence-electron chi connectivity index (χ2n) is 8.05. The van der Waals surface area contributed by atoms with Gasteiger partial charge in [-0.2, -0.15) is 13.2 Å². The van der Waals surface area contributed by atoms with Crippen molar-refractivity contribution in [2.75, 3.05) is 31.1 Å². The Morgan fingerprint density at radius 2 is 1.52 bits per heavy atom. The van der Waals surface area contributed by atoms with Gasteiger partial charge >= 0.3 is 6.18 Å². The molecule has 0 unspecified atom stereocenters. The fourth-order valence-corrected chi connectivity index (χ4v) is 4.36. The monoisotopic (exact) mass is 383 g/mol. The van der Waals surface area contributed by atoms with Crippen LogP contribution in [0.2, 0.25) is 0 Å². The zero-order valence-electron chi connectivity index (χ0n) is 15.6. The second kappa shape index (κ2) is 7.95. The van der Waals surface area contributed by atoms with E-state index in [4.69, 9.17) is 4.74 Å². The predicted octanol–water partition coefficient (Wildman–Crippen LogP) is 4.10. The fraction of sp³-hybridized carbons (Fsp3) is 0.750. The van der Waals surface area contributed by atoms with Crippen LogP contribution in [0.1, 0.15) is 50.5 Å². The minimum absolute atomic E-state index is 0.260. The number of likely N-dealkylation sites (tertiary alicyclic amines) is 1. The molecule has 0 aromatic carbocycles. The van der Waals surface area contributed by atoms with Gasteiger partial charge in [0.05, 0.1) is 17.8 Å². The van der Waals surface area contributed by atoms with Gasteiger partial charge in [0.25, 0.3) is 0 Å². The molecule has 2 saturated heterocycles. The van der Waals surface area contributed by atoms with Crippen molar-refractivity contribution in [2.24, 2.45) is 0 Å². The summed E-state index contributed by atoms with van der Waals surface area (Å²) in [5.74, 6) is 0.621. The van der Waals surface area contributed by atoms with Gasteiger partial charge in [0.1, 0.15) is 5.82 Å². The molecule has 4 rings (SSSR count). The van der Waals surface area contributed by atoms with Crippen molar-refractivity contribution in [2.45, 2.75) is 69.4 Å². The minimum Gasteiger partial charge on any atom is -0.375 e. The van der Waals surface area contributed by atoms with Crippen molar-refractivity contribution in [1.29, 1.82) is 0 Å². The number of anilines is 1. The molecule has 0 radical (unpaired) electrons. The average molecular weight is 383 g/mol. The quantitative estimate of drug-likeness (QED) is 0.783. The van der Waals surface area contributed by atoms with Crippen molar-refractivity contribution < 1.29 is 17.9 Å². The Kier molecular flexibility index (Phi) is 5.60. The lowest BCUT2D eigenvalue weighted by molar-refractivity contribution is -0.137. The van der Waals surface area contributed by atoms with Gasteiger partial charge in [-0.1, -0.05) is 6.42 Å². The third-order valence-corrected chi connectivity index (χ3v) is 6.29. The fourth-order valence-electron chi connectivity index (χ4n) is 4.36. The molecule has 2 aliphatic heterocycles. The maximum absolute atomic E-state index is 12.7. The molecule has 150 valence electrons. The average Bonchev–Trinajstić information content (AvgIpc) is 2.62. The summed E-state index contributed by atoms with van der Waals surface area (Å²) in [5, 5.41) is 0. The van der Waals surface area contributed by atoms with E-state index in [0.717, 1.165) is 70.2 Å². The third-order valence-electron chi connectivity index (χ3n) is 6.29. The van der Waals surface area contributed by atoms with Crippen LogP contribution in [0.4, 0.5) is 19.0 Å². The van der Waals surface area contributed by atoms with Gasteiger partial charge in [0.15, 0.2) is 0 Å². The van der Waals surface area contributed by atoms with Gasteiger partial charge in [0, 0.05) is 38.4 Å². The van der Waals surface area contributed by atoms with Crippen molar-refractivity contribution in [1.82, 2.24) is 9.88 Å². The van der Waals surface area contributed by atoms with E-state index >= 15 is 0 Å². The topological polar surface area (TPSA) is 28.6 Å². The van der Waals surface area contributed by atoms with Crippen molar-refractivity contribution in [3.8, 4) is 0 Å². The van der Waals surface area contributed by atoms with E-state index < -0.39 is 11.7 Å². The molecule has 3 fully saturated rings. The predicted molar refractivity (Wildman–Crippen MR) is 97.8 cm³/mol. The Hall–Kier alpha value is -1.34. The van der Waals surface area contributed by atoms with Gasteiger partial charge in [-0.3, -0.25) is 0 Å². The lowest BCUT2D eigenvalue weighted by atomic mass is 9.89. The van der Waals surface area contributed by atoms with Crippen molar-refractivity contribution in [3.63, 3.8) is 0 Å². The normalized spacial score (nSPS) is 24.2. The molecular weight excluding hydrogens is 355 g/mol. The number of aromatic nitrogens is 1. The first-order valence-electron chi connectivity index (χ1n) is 10.2. The molecule has 0 amide bonds. The van der Waals surface area contributed by atoms with Crippen LogP contribution in [-0.2, 0) is 10.9 Å². The van der Waals surface area contributed by atoms with Crippen LogP contribution in [0.5, 0.6) is 0 Å². The summed E-state index contributed by atoms with van der Waals surface area (Å²) in [5.41, 5.74) is -0.697. The van der Waals surface area contributed by atoms with Crippen molar-refractivity contribution in [3.05, 3.63) is 23.9 Å². The lowest BCUT2D eigenvalue weighted by Gasteiger charge is -2.42. The highest BCUT2D eigenvalue weighted by atomic mass is 19.4. The van der Waals surface area contributed by atoms with E-state index in [0.29, 0.717) is 11.9 Å². The number of alkyl halides is 3. The minimum atomic E-state index is -4.33. The first kappa shape index (κ1) is 19.0. The number of rotatable bonds is 4. The molecule has 1 aromatic rings. The standard InChI is InChI=1S/C20H28F3N3O/c21-20(22,23)15-4-5-19(24-14-15)26-12-8-18(9-13-26)27-17-6-10-25(11-7-17)16-2-1-3-16/h4-5,14,16-18H,1-3,6-13H2. The molecule has 0 bridgehead atoms. The number of nitrogens with zero attached hydrogens (tertiary/aromatic N) is 3. The van der Waals surface area contributed by atoms with E-state index in [9.17, 15) is 13.2 Å². The summed E-state index contributed by atoms with van der Waals surface area (Å²) < 4.78 is 44.3. The van der Waals surface area contributed by atoms with Gasteiger partial charge in [-0.25, -0.2) is 4.98 Å². The molecule has 1 saturated carbocycles. The summed E-state index contributed by atoms with van der Waals surface area (Å²) in [7, 11) is 0. The van der Waals surface area contributed by atoms with E-state index in [1.165, 1.54) is 25.3 Å². The Balaban J connectivity index is 1.21. The summed E-state index contributed by atoms with van der Waals surface area (Å²) in [6.07, 6.45) is 5.38. The molecule has 4 nitrogen and oxygen atoms in total. The molecule has 7 heteroatoms. The largest absolute Gasteiger partial charge is 0.417 e. The van der Waals surface area contributed by atoms with Crippen LogP contribution >= 0.6 is 0 Å². The highest BCUT2D eigenvalue weighted by Crippen LogP contribution is 2.31. The number of piperidine rings is 2. The number of halogens is 3. The zero-order chi connectivity index (χ0) is 18.9. The summed E-state index contributed by atoms with van der Waals surface area (Å²) >= 11 is 0. The molecule has 1 aromatic heterocycles. The highest BCUT2D eigenvalue weighted by molar-refractivity contribution is 5.40. The molecule has 0 atom stereocenters. The van der Waals surface area contributed by atoms with Gasteiger partial charge in [-0.05, 0) is 50.7 Å². The van der Waals surface area contributed by atoms with Gasteiger partial charge in [0.2, 0.25) is 0 Å². The number of pyridine rings is 1. The van der Waals surface area contributed by atoms with Crippen LogP contribution in [0.15, 0.2) is 18.3 Å². The van der Waals surface area contributed by atoms with Gasteiger partial charge < -0.3 is 14.5 Å². The maximum atomic E-state index is 12.7. The first-order chi connectivity index (χ1) is 13.0. The summed E-state index contributed by atoms with van der Waals surface area (Å²) in [6.45, 7) is 3.88. The number of ether oxygens (including phenoxy) is 1. The molecule has 27 heavy (non-hydrogen) atoms. The Morgan fingerprint density at radius 3 is 2.00 bits per heavy atom. The Labute approximate surface area is 158 Å².